The van der Waals surface area contributed by atoms with E-state index < -0.39 is 0 Å². The Hall–Kier alpha value is -1.20. The standard InChI is InChI=1S/C10H15NO4/c1-2-14-7-8-15-6-5-11-9(12)3-4-10(11)13/h3-4H,2,5-8H2,1H3. The second kappa shape index (κ2) is 6.31. The molecule has 0 fully saturated rings. The third-order valence-corrected chi connectivity index (χ3v) is 1.94. The Balaban J connectivity index is 2.05. The van der Waals surface area contributed by atoms with Gasteiger partial charge in [0.1, 0.15) is 0 Å². The maximum Gasteiger partial charge on any atom is 0.253 e. The van der Waals surface area contributed by atoms with E-state index in [0.717, 1.165) is 4.90 Å². The predicted octanol–water partition coefficient (Wildman–Crippen LogP) is -0.0355. The first-order chi connectivity index (χ1) is 7.25. The van der Waals surface area contributed by atoms with E-state index in [0.29, 0.717) is 33.0 Å². The van der Waals surface area contributed by atoms with Crippen LogP contribution in [0, 0.1) is 0 Å². The van der Waals surface area contributed by atoms with Crippen LogP contribution in [0.15, 0.2) is 12.2 Å². The number of imide groups is 1. The van der Waals surface area contributed by atoms with E-state index in [1.807, 2.05) is 6.92 Å². The van der Waals surface area contributed by atoms with Crippen LogP contribution in [-0.2, 0) is 19.1 Å². The fourth-order valence-electron chi connectivity index (χ4n) is 1.17. The van der Waals surface area contributed by atoms with Crippen LogP contribution in [0.5, 0.6) is 0 Å². The molecular formula is C10H15NO4. The monoisotopic (exact) mass is 213 g/mol. The van der Waals surface area contributed by atoms with Crippen molar-refractivity contribution in [2.75, 3.05) is 33.0 Å². The van der Waals surface area contributed by atoms with Crippen molar-refractivity contribution in [2.45, 2.75) is 6.92 Å². The summed E-state index contributed by atoms with van der Waals surface area (Å²) in [5.74, 6) is -0.540. The lowest BCUT2D eigenvalue weighted by molar-refractivity contribution is -0.137. The average molecular weight is 213 g/mol. The molecule has 0 aliphatic carbocycles. The maximum absolute atomic E-state index is 11.1. The molecule has 0 saturated heterocycles. The van der Waals surface area contributed by atoms with Crippen molar-refractivity contribution in [3.8, 4) is 0 Å². The third-order valence-electron chi connectivity index (χ3n) is 1.94. The van der Waals surface area contributed by atoms with Gasteiger partial charge in [-0.05, 0) is 6.92 Å². The molecule has 5 heteroatoms. The second-order valence-corrected chi connectivity index (χ2v) is 2.97. The van der Waals surface area contributed by atoms with Gasteiger partial charge in [0, 0.05) is 18.8 Å². The molecule has 0 N–H and O–H groups in total. The van der Waals surface area contributed by atoms with Crippen LogP contribution in [0.1, 0.15) is 6.92 Å². The van der Waals surface area contributed by atoms with Gasteiger partial charge in [0.25, 0.3) is 11.8 Å². The minimum atomic E-state index is -0.270. The predicted molar refractivity (Wildman–Crippen MR) is 53.2 cm³/mol. The molecule has 1 aliphatic rings. The largest absolute Gasteiger partial charge is 0.379 e. The Morgan fingerprint density at radius 3 is 2.27 bits per heavy atom. The van der Waals surface area contributed by atoms with E-state index in [4.69, 9.17) is 9.47 Å². The highest BCUT2D eigenvalue weighted by Crippen LogP contribution is 2.02. The van der Waals surface area contributed by atoms with E-state index in [2.05, 4.69) is 0 Å². The Labute approximate surface area is 88.6 Å². The quantitative estimate of drug-likeness (QED) is 0.440. The molecule has 0 aromatic carbocycles. The van der Waals surface area contributed by atoms with E-state index in [-0.39, 0.29) is 11.8 Å². The molecule has 1 aliphatic heterocycles. The van der Waals surface area contributed by atoms with Crippen LogP contribution < -0.4 is 0 Å². The van der Waals surface area contributed by atoms with Crippen molar-refractivity contribution >= 4 is 11.8 Å². The average Bonchev–Trinajstić information content (AvgIpc) is 2.54. The maximum atomic E-state index is 11.1. The number of rotatable bonds is 7. The molecule has 2 amide bonds. The van der Waals surface area contributed by atoms with Gasteiger partial charge in [0.05, 0.1) is 26.4 Å². The van der Waals surface area contributed by atoms with E-state index in [9.17, 15) is 9.59 Å². The Kier molecular flexibility index (Phi) is 5.00. The number of nitrogens with zero attached hydrogens (tertiary/aromatic N) is 1. The van der Waals surface area contributed by atoms with Crippen molar-refractivity contribution in [3.05, 3.63) is 12.2 Å². The molecule has 0 saturated carbocycles. The summed E-state index contributed by atoms with van der Waals surface area (Å²) in [6.45, 7) is 4.25. The molecule has 0 atom stereocenters. The number of carbonyl (C=O) groups is 2. The molecule has 5 nitrogen and oxygen atoms in total. The van der Waals surface area contributed by atoms with Gasteiger partial charge in [-0.25, -0.2) is 0 Å². The summed E-state index contributed by atoms with van der Waals surface area (Å²) in [7, 11) is 0. The normalized spacial score (nSPS) is 15.4. The molecule has 0 spiro atoms. The Morgan fingerprint density at radius 2 is 1.67 bits per heavy atom. The lowest BCUT2D eigenvalue weighted by Gasteiger charge is -2.13. The van der Waals surface area contributed by atoms with Crippen molar-refractivity contribution < 1.29 is 19.1 Å². The zero-order valence-electron chi connectivity index (χ0n) is 8.77. The van der Waals surface area contributed by atoms with Gasteiger partial charge in [-0.3, -0.25) is 14.5 Å². The van der Waals surface area contributed by atoms with Crippen LogP contribution in [0.25, 0.3) is 0 Å². The SMILES string of the molecule is CCOCCOCCN1C(=O)C=CC1=O. The van der Waals surface area contributed by atoms with Crippen molar-refractivity contribution in [3.63, 3.8) is 0 Å². The molecule has 15 heavy (non-hydrogen) atoms. The van der Waals surface area contributed by atoms with Gasteiger partial charge in [-0.1, -0.05) is 0 Å². The molecule has 1 rings (SSSR count). The molecule has 84 valence electrons. The lowest BCUT2D eigenvalue weighted by atomic mass is 10.5. The summed E-state index contributed by atoms with van der Waals surface area (Å²) >= 11 is 0. The van der Waals surface area contributed by atoms with Gasteiger partial charge < -0.3 is 9.47 Å². The first-order valence-electron chi connectivity index (χ1n) is 4.94. The van der Waals surface area contributed by atoms with Crippen molar-refractivity contribution in [2.24, 2.45) is 0 Å². The summed E-state index contributed by atoms with van der Waals surface area (Å²) in [6.07, 6.45) is 2.53. The molecule has 0 bridgehead atoms. The summed E-state index contributed by atoms with van der Waals surface area (Å²) in [5.41, 5.74) is 0. The lowest BCUT2D eigenvalue weighted by Crippen LogP contribution is -2.33. The zero-order chi connectivity index (χ0) is 11.1. The van der Waals surface area contributed by atoms with E-state index in [1.165, 1.54) is 12.2 Å². The van der Waals surface area contributed by atoms with Gasteiger partial charge in [-0.15, -0.1) is 0 Å². The van der Waals surface area contributed by atoms with Crippen LogP contribution in [-0.4, -0.2) is 49.7 Å². The van der Waals surface area contributed by atoms with Crippen LogP contribution in [0.3, 0.4) is 0 Å². The number of hydrogen-bond acceptors (Lipinski definition) is 4. The minimum absolute atomic E-state index is 0.270. The van der Waals surface area contributed by atoms with Gasteiger partial charge in [-0.2, -0.15) is 0 Å². The van der Waals surface area contributed by atoms with Crippen molar-refractivity contribution in [1.82, 2.24) is 4.90 Å². The topological polar surface area (TPSA) is 55.8 Å². The van der Waals surface area contributed by atoms with Gasteiger partial charge in [0.2, 0.25) is 0 Å². The highest BCUT2D eigenvalue weighted by Gasteiger charge is 2.22. The van der Waals surface area contributed by atoms with Crippen LogP contribution >= 0.6 is 0 Å². The molecule has 0 unspecified atom stereocenters. The summed E-state index contributed by atoms with van der Waals surface area (Å²) in [6, 6.07) is 0. The number of ether oxygens (including phenoxy) is 2. The Bertz CT molecular complexity index is 244. The highest BCUT2D eigenvalue weighted by molar-refractivity contribution is 6.12. The number of amides is 2. The summed E-state index contributed by atoms with van der Waals surface area (Å²) < 4.78 is 10.3. The fraction of sp³-hybridized carbons (Fsp3) is 0.600. The molecule has 1 heterocycles. The van der Waals surface area contributed by atoms with Gasteiger partial charge in [0.15, 0.2) is 0 Å². The van der Waals surface area contributed by atoms with E-state index >= 15 is 0 Å². The van der Waals surface area contributed by atoms with Gasteiger partial charge >= 0.3 is 0 Å². The Morgan fingerprint density at radius 1 is 1.07 bits per heavy atom. The minimum Gasteiger partial charge on any atom is -0.379 e. The molecular weight excluding hydrogens is 198 g/mol. The fourth-order valence-corrected chi connectivity index (χ4v) is 1.17. The second-order valence-electron chi connectivity index (χ2n) is 2.97. The van der Waals surface area contributed by atoms with Crippen LogP contribution in [0.4, 0.5) is 0 Å². The summed E-state index contributed by atoms with van der Waals surface area (Å²) in [4.78, 5) is 23.3. The molecule has 0 radical (unpaired) electrons. The van der Waals surface area contributed by atoms with Crippen molar-refractivity contribution in [1.29, 1.82) is 0 Å². The molecule has 0 aromatic rings. The number of carbonyl (C=O) groups excluding carboxylic acids is 2. The highest BCUT2D eigenvalue weighted by atomic mass is 16.5. The zero-order valence-corrected chi connectivity index (χ0v) is 8.77. The number of hydrogen-bond donors (Lipinski definition) is 0. The first kappa shape index (κ1) is 11.9. The first-order valence-corrected chi connectivity index (χ1v) is 4.94. The van der Waals surface area contributed by atoms with E-state index in [1.54, 1.807) is 0 Å². The molecule has 0 aromatic heterocycles. The van der Waals surface area contributed by atoms with Crippen LogP contribution in [0.2, 0.25) is 0 Å². The summed E-state index contributed by atoms with van der Waals surface area (Å²) in [5, 5.41) is 0. The third kappa shape index (κ3) is 3.81. The smallest absolute Gasteiger partial charge is 0.253 e.